The third-order valence-corrected chi connectivity index (χ3v) is 3.69. The Labute approximate surface area is 92.5 Å². The summed E-state index contributed by atoms with van der Waals surface area (Å²) in [5.74, 6) is -2.01. The fourth-order valence-electron chi connectivity index (χ4n) is 1.35. The standard InChI is InChI=1S/C12H8F2OP/c13-10-7-4-8-11(12(10)14)16(15)9-5-2-1-3-6-9/h1-8H. The van der Waals surface area contributed by atoms with Crippen LogP contribution in [0, 0.1) is 11.6 Å². The molecule has 0 aliphatic carbocycles. The van der Waals surface area contributed by atoms with Crippen molar-refractivity contribution < 1.29 is 13.3 Å². The molecule has 0 aliphatic heterocycles. The van der Waals surface area contributed by atoms with Gasteiger partial charge in [-0.3, -0.25) is 4.57 Å². The first-order chi connectivity index (χ1) is 7.70. The molecule has 81 valence electrons. The molecule has 1 unspecified atom stereocenters. The predicted octanol–water partition coefficient (Wildman–Crippen LogP) is 2.74. The van der Waals surface area contributed by atoms with E-state index in [1.807, 2.05) is 0 Å². The van der Waals surface area contributed by atoms with Crippen LogP contribution in [0.1, 0.15) is 0 Å². The second-order valence-corrected chi connectivity index (χ2v) is 4.79. The molecule has 2 aromatic carbocycles. The van der Waals surface area contributed by atoms with E-state index in [1.54, 1.807) is 30.3 Å². The van der Waals surface area contributed by atoms with Crippen LogP contribution in [0.2, 0.25) is 0 Å². The highest BCUT2D eigenvalue weighted by Crippen LogP contribution is 2.21. The fourth-order valence-corrected chi connectivity index (χ4v) is 2.58. The van der Waals surface area contributed by atoms with Crippen molar-refractivity contribution >= 4 is 18.4 Å². The summed E-state index contributed by atoms with van der Waals surface area (Å²) >= 11 is 0. The summed E-state index contributed by atoms with van der Waals surface area (Å²) in [4.78, 5) is 0. The van der Waals surface area contributed by atoms with Crippen molar-refractivity contribution in [1.82, 2.24) is 0 Å². The zero-order valence-corrected chi connectivity index (χ0v) is 9.12. The zero-order valence-electron chi connectivity index (χ0n) is 8.23. The minimum absolute atomic E-state index is 0.0961. The first-order valence-electron chi connectivity index (χ1n) is 4.66. The van der Waals surface area contributed by atoms with Gasteiger partial charge in [-0.05, 0) is 24.3 Å². The first-order valence-corrected chi connectivity index (χ1v) is 5.92. The second kappa shape index (κ2) is 4.50. The summed E-state index contributed by atoms with van der Waals surface area (Å²) in [7, 11) is -2.07. The third-order valence-electron chi connectivity index (χ3n) is 2.14. The summed E-state index contributed by atoms with van der Waals surface area (Å²) in [6.07, 6.45) is 0. The molecule has 0 amide bonds. The molecule has 2 aromatic rings. The second-order valence-electron chi connectivity index (χ2n) is 3.20. The van der Waals surface area contributed by atoms with Gasteiger partial charge in [-0.15, -0.1) is 0 Å². The average molecular weight is 237 g/mol. The minimum atomic E-state index is -2.07. The maximum Gasteiger partial charge on any atom is 0.173 e. The van der Waals surface area contributed by atoms with Crippen molar-refractivity contribution in [1.29, 1.82) is 0 Å². The van der Waals surface area contributed by atoms with Crippen molar-refractivity contribution in [2.75, 3.05) is 0 Å². The molecule has 0 saturated carbocycles. The quantitative estimate of drug-likeness (QED) is 0.734. The van der Waals surface area contributed by atoms with Gasteiger partial charge in [0.2, 0.25) is 0 Å². The van der Waals surface area contributed by atoms with Gasteiger partial charge >= 0.3 is 0 Å². The Morgan fingerprint density at radius 1 is 0.875 bits per heavy atom. The number of benzene rings is 2. The smallest absolute Gasteiger partial charge is 0.173 e. The van der Waals surface area contributed by atoms with Crippen LogP contribution in [-0.4, -0.2) is 0 Å². The van der Waals surface area contributed by atoms with Crippen LogP contribution in [0.3, 0.4) is 0 Å². The molecule has 2 rings (SSSR count). The average Bonchev–Trinajstić information content (AvgIpc) is 2.33. The van der Waals surface area contributed by atoms with Gasteiger partial charge in [0.25, 0.3) is 0 Å². The van der Waals surface area contributed by atoms with E-state index in [4.69, 9.17) is 0 Å². The highest BCUT2D eigenvalue weighted by Gasteiger charge is 2.15. The monoisotopic (exact) mass is 237 g/mol. The van der Waals surface area contributed by atoms with Gasteiger partial charge in [-0.25, -0.2) is 8.78 Å². The molecule has 0 spiro atoms. The molecule has 0 heterocycles. The maximum absolute atomic E-state index is 13.4. The van der Waals surface area contributed by atoms with E-state index in [1.165, 1.54) is 12.1 Å². The van der Waals surface area contributed by atoms with Crippen LogP contribution in [0.5, 0.6) is 0 Å². The topological polar surface area (TPSA) is 17.1 Å². The molecule has 16 heavy (non-hydrogen) atoms. The fraction of sp³-hybridized carbons (Fsp3) is 0. The largest absolute Gasteiger partial charge is 0.276 e. The van der Waals surface area contributed by atoms with Gasteiger partial charge in [0.05, 0.1) is 5.30 Å². The molecule has 0 aromatic heterocycles. The van der Waals surface area contributed by atoms with Crippen LogP contribution in [-0.2, 0) is 4.57 Å². The van der Waals surface area contributed by atoms with Gasteiger partial charge in [0, 0.05) is 5.30 Å². The van der Waals surface area contributed by atoms with E-state index in [-0.39, 0.29) is 5.30 Å². The molecule has 0 saturated heterocycles. The molecule has 1 nitrogen and oxygen atoms in total. The van der Waals surface area contributed by atoms with Gasteiger partial charge in [0.1, 0.15) is 7.80 Å². The number of hydrogen-bond acceptors (Lipinski definition) is 1. The molecular formula is C12H8F2OP. The van der Waals surface area contributed by atoms with Crippen molar-refractivity contribution in [3.05, 3.63) is 60.2 Å². The summed E-state index contributed by atoms with van der Waals surface area (Å²) in [5, 5.41) is 0.392. The molecule has 1 atom stereocenters. The normalized spacial score (nSPS) is 11.2. The third kappa shape index (κ3) is 2.00. The van der Waals surface area contributed by atoms with E-state index < -0.39 is 19.4 Å². The molecule has 1 radical (unpaired) electrons. The van der Waals surface area contributed by atoms with Crippen LogP contribution in [0.15, 0.2) is 48.5 Å². The molecule has 0 aliphatic rings. The first kappa shape index (κ1) is 10.9. The zero-order chi connectivity index (χ0) is 11.5. The lowest BCUT2D eigenvalue weighted by Gasteiger charge is -2.03. The van der Waals surface area contributed by atoms with Crippen molar-refractivity contribution in [3.8, 4) is 0 Å². The van der Waals surface area contributed by atoms with Gasteiger partial charge in [-0.2, -0.15) is 0 Å². The number of halogens is 2. The predicted molar refractivity (Wildman–Crippen MR) is 59.7 cm³/mol. The van der Waals surface area contributed by atoms with E-state index in [9.17, 15) is 13.3 Å². The highest BCUT2D eigenvalue weighted by atomic mass is 31.1. The minimum Gasteiger partial charge on any atom is -0.276 e. The van der Waals surface area contributed by atoms with E-state index >= 15 is 0 Å². The summed E-state index contributed by atoms with van der Waals surface area (Å²) < 4.78 is 38.3. The Balaban J connectivity index is 2.46. The van der Waals surface area contributed by atoms with Gasteiger partial charge in [-0.1, -0.05) is 24.3 Å². The van der Waals surface area contributed by atoms with Crippen molar-refractivity contribution in [3.63, 3.8) is 0 Å². The van der Waals surface area contributed by atoms with Crippen LogP contribution in [0.4, 0.5) is 8.78 Å². The Bertz CT molecular complexity index is 526. The van der Waals surface area contributed by atoms with Gasteiger partial charge < -0.3 is 0 Å². The van der Waals surface area contributed by atoms with E-state index in [0.29, 0.717) is 5.30 Å². The van der Waals surface area contributed by atoms with Crippen LogP contribution < -0.4 is 10.6 Å². The van der Waals surface area contributed by atoms with Crippen molar-refractivity contribution in [2.45, 2.75) is 0 Å². The van der Waals surface area contributed by atoms with Crippen molar-refractivity contribution in [2.24, 2.45) is 0 Å². The van der Waals surface area contributed by atoms with Crippen LogP contribution >= 0.6 is 7.80 Å². The number of rotatable bonds is 2. The molecule has 0 N–H and O–H groups in total. The summed E-state index contributed by atoms with van der Waals surface area (Å²) in [5.41, 5.74) is 0. The lowest BCUT2D eigenvalue weighted by molar-refractivity contribution is 0.513. The number of hydrogen-bond donors (Lipinski definition) is 0. The van der Waals surface area contributed by atoms with Crippen LogP contribution in [0.25, 0.3) is 0 Å². The lowest BCUT2D eigenvalue weighted by atomic mass is 10.3. The Hall–Kier alpha value is -1.60. The lowest BCUT2D eigenvalue weighted by Crippen LogP contribution is -2.11. The highest BCUT2D eigenvalue weighted by molar-refractivity contribution is 7.61. The van der Waals surface area contributed by atoms with E-state index in [2.05, 4.69) is 0 Å². The molecular weight excluding hydrogens is 229 g/mol. The maximum atomic E-state index is 13.4. The molecule has 4 heteroatoms. The van der Waals surface area contributed by atoms with Gasteiger partial charge in [0.15, 0.2) is 11.6 Å². The molecule has 0 bridgehead atoms. The summed E-state index contributed by atoms with van der Waals surface area (Å²) in [6, 6.07) is 12.1. The summed E-state index contributed by atoms with van der Waals surface area (Å²) in [6.45, 7) is 0. The Morgan fingerprint density at radius 3 is 2.25 bits per heavy atom. The SMILES string of the molecule is O=[P](c1ccccc1)c1cccc(F)c1F. The Kier molecular flexibility index (Phi) is 3.07. The molecule has 0 fully saturated rings. The van der Waals surface area contributed by atoms with E-state index in [0.717, 1.165) is 6.07 Å². The Morgan fingerprint density at radius 2 is 1.56 bits per heavy atom.